The van der Waals surface area contributed by atoms with Crippen LogP contribution in [0.2, 0.25) is 0 Å². The molecule has 0 fully saturated rings. The number of amides is 1. The number of ether oxygens (including phenoxy) is 1. The van der Waals surface area contributed by atoms with Gasteiger partial charge in [0.15, 0.2) is 14.0 Å². The van der Waals surface area contributed by atoms with Crippen molar-refractivity contribution in [2.75, 3.05) is 17.7 Å². The summed E-state index contributed by atoms with van der Waals surface area (Å²) < 4.78 is 7.25. The number of nitrogens with one attached hydrogen (secondary N) is 1. The molecule has 3 rings (SSSR count). The molecule has 30 heavy (non-hydrogen) atoms. The van der Waals surface area contributed by atoms with E-state index in [1.165, 1.54) is 11.8 Å². The molecule has 7 nitrogen and oxygen atoms in total. The van der Waals surface area contributed by atoms with Crippen molar-refractivity contribution < 1.29 is 14.3 Å². The quantitative estimate of drug-likeness (QED) is 0.239. The van der Waals surface area contributed by atoms with Crippen molar-refractivity contribution in [3.8, 4) is 5.69 Å². The summed E-state index contributed by atoms with van der Waals surface area (Å²) >= 11 is 7.79. The highest BCUT2D eigenvalue weighted by Gasteiger charge is 2.23. The number of rotatable bonds is 7. The molecule has 0 aliphatic rings. The molecule has 1 amide bonds. The Morgan fingerprint density at radius 1 is 1.20 bits per heavy atom. The molecule has 10 heteroatoms. The minimum Gasteiger partial charge on any atom is -0.462 e. The van der Waals surface area contributed by atoms with Crippen LogP contribution in [-0.2, 0) is 9.53 Å². The predicted octanol–water partition coefficient (Wildman–Crippen LogP) is 4.58. The molecular formula is C20H20N4O3S3. The van der Waals surface area contributed by atoms with Gasteiger partial charge >= 0.3 is 5.97 Å². The molecule has 0 bridgehead atoms. The van der Waals surface area contributed by atoms with Crippen LogP contribution in [0.1, 0.15) is 28.0 Å². The van der Waals surface area contributed by atoms with Crippen LogP contribution in [0.4, 0.5) is 5.82 Å². The number of thioether (sulfide) groups is 1. The van der Waals surface area contributed by atoms with Gasteiger partial charge in [-0.1, -0.05) is 41.3 Å². The third-order valence-corrected chi connectivity index (χ3v) is 6.04. The summed E-state index contributed by atoms with van der Waals surface area (Å²) in [5.74, 6) is -0.431. The molecule has 2 heterocycles. The highest BCUT2D eigenvalue weighted by Crippen LogP contribution is 2.30. The Labute approximate surface area is 187 Å². The lowest BCUT2D eigenvalue weighted by Crippen LogP contribution is -2.19. The molecule has 0 atom stereocenters. The number of para-hydroxylation sites is 1. The summed E-state index contributed by atoms with van der Waals surface area (Å²) in [4.78, 5) is 34.1. The van der Waals surface area contributed by atoms with Crippen LogP contribution < -0.4 is 5.32 Å². The number of carbonyl (C=O) groups excluding carboxylic acids is 2. The fourth-order valence-corrected chi connectivity index (χ4v) is 4.73. The van der Waals surface area contributed by atoms with E-state index in [1.54, 1.807) is 11.5 Å². The Bertz CT molecular complexity index is 1110. The monoisotopic (exact) mass is 460 g/mol. The third-order valence-electron chi connectivity index (χ3n) is 3.84. The van der Waals surface area contributed by atoms with Crippen molar-refractivity contribution in [1.29, 1.82) is 0 Å². The largest absolute Gasteiger partial charge is 0.462 e. The van der Waals surface area contributed by atoms with Crippen LogP contribution in [0.15, 0.2) is 41.6 Å². The summed E-state index contributed by atoms with van der Waals surface area (Å²) in [6, 6.07) is 11.2. The normalized spacial score (nSPS) is 10.6. The second-order valence-electron chi connectivity index (χ2n) is 6.21. The lowest BCUT2D eigenvalue weighted by Gasteiger charge is -2.12. The summed E-state index contributed by atoms with van der Waals surface area (Å²) in [5.41, 5.74) is 2.42. The van der Waals surface area contributed by atoms with Crippen LogP contribution in [0.3, 0.4) is 0 Å². The molecule has 0 saturated carbocycles. The number of anilines is 1. The Kier molecular flexibility index (Phi) is 7.35. The van der Waals surface area contributed by atoms with Gasteiger partial charge in [-0.2, -0.15) is 0 Å². The predicted molar refractivity (Wildman–Crippen MR) is 121 cm³/mol. The molecule has 2 aromatic heterocycles. The third kappa shape index (κ3) is 5.32. The molecular weight excluding hydrogens is 440 g/mol. The number of aryl methyl sites for hydroxylation is 2. The van der Waals surface area contributed by atoms with Gasteiger partial charge in [-0.3, -0.25) is 9.36 Å². The second-order valence-corrected chi connectivity index (χ2v) is 8.79. The van der Waals surface area contributed by atoms with Crippen LogP contribution >= 0.6 is 35.3 Å². The van der Waals surface area contributed by atoms with Gasteiger partial charge in [0.2, 0.25) is 5.91 Å². The SMILES string of the molecule is CCOC(=O)c1sc(=S)n(-c2ccccc2)c1NC(=O)CSc1nc(C)cc(C)n1. The van der Waals surface area contributed by atoms with E-state index >= 15 is 0 Å². The summed E-state index contributed by atoms with van der Waals surface area (Å²) in [6.45, 7) is 5.71. The van der Waals surface area contributed by atoms with E-state index < -0.39 is 5.97 Å². The first-order valence-electron chi connectivity index (χ1n) is 9.12. The highest BCUT2D eigenvalue weighted by molar-refractivity contribution is 7.99. The lowest BCUT2D eigenvalue weighted by molar-refractivity contribution is -0.113. The van der Waals surface area contributed by atoms with E-state index in [9.17, 15) is 9.59 Å². The number of hydrogen-bond acceptors (Lipinski definition) is 8. The van der Waals surface area contributed by atoms with Crippen molar-refractivity contribution >= 4 is 53.0 Å². The number of carbonyl (C=O) groups is 2. The van der Waals surface area contributed by atoms with Gasteiger partial charge in [-0.15, -0.1) is 0 Å². The van der Waals surface area contributed by atoms with E-state index in [1.807, 2.05) is 50.2 Å². The van der Waals surface area contributed by atoms with Crippen LogP contribution in [0.25, 0.3) is 5.69 Å². The van der Waals surface area contributed by atoms with E-state index in [0.29, 0.717) is 14.9 Å². The average molecular weight is 461 g/mol. The zero-order chi connectivity index (χ0) is 21.7. The molecule has 3 aromatic rings. The Balaban J connectivity index is 1.88. The lowest BCUT2D eigenvalue weighted by atomic mass is 10.3. The topological polar surface area (TPSA) is 86.1 Å². The van der Waals surface area contributed by atoms with Gasteiger partial charge in [-0.25, -0.2) is 14.8 Å². The molecule has 1 aromatic carbocycles. The number of hydrogen-bond donors (Lipinski definition) is 1. The molecule has 0 radical (unpaired) electrons. The van der Waals surface area contributed by atoms with Crippen LogP contribution in [-0.4, -0.2) is 38.8 Å². The summed E-state index contributed by atoms with van der Waals surface area (Å²) in [6.07, 6.45) is 0. The molecule has 1 N–H and O–H groups in total. The Morgan fingerprint density at radius 3 is 2.50 bits per heavy atom. The van der Waals surface area contributed by atoms with Crippen molar-refractivity contribution in [2.45, 2.75) is 25.9 Å². The smallest absolute Gasteiger partial charge is 0.352 e. The van der Waals surface area contributed by atoms with Crippen LogP contribution in [0, 0.1) is 17.8 Å². The molecule has 0 unspecified atom stereocenters. The molecule has 0 spiro atoms. The van der Waals surface area contributed by atoms with Crippen molar-refractivity contribution in [3.05, 3.63) is 56.6 Å². The fourth-order valence-electron chi connectivity index (χ4n) is 2.69. The van der Waals surface area contributed by atoms with Gasteiger partial charge in [0.1, 0.15) is 5.82 Å². The van der Waals surface area contributed by atoms with E-state index in [-0.39, 0.29) is 23.1 Å². The molecule has 0 aliphatic carbocycles. The van der Waals surface area contributed by atoms with Crippen LogP contribution in [0.5, 0.6) is 0 Å². The standard InChI is InChI=1S/C20H20N4O3S3/c1-4-27-18(26)16-17(24(20(28)30-16)14-8-6-5-7-9-14)23-15(25)11-29-19-21-12(2)10-13(3)22-19/h5-10H,4,11H2,1-3H3,(H,23,25). The zero-order valence-corrected chi connectivity index (χ0v) is 19.1. The number of benzene rings is 1. The Hall–Kier alpha value is -2.56. The van der Waals surface area contributed by atoms with E-state index in [4.69, 9.17) is 17.0 Å². The average Bonchev–Trinajstić information content (AvgIpc) is 3.02. The number of nitrogens with zero attached hydrogens (tertiary/aromatic N) is 3. The van der Waals surface area contributed by atoms with Crippen molar-refractivity contribution in [3.63, 3.8) is 0 Å². The van der Waals surface area contributed by atoms with Gasteiger partial charge in [0.25, 0.3) is 0 Å². The van der Waals surface area contributed by atoms with Gasteiger partial charge in [0, 0.05) is 17.1 Å². The fraction of sp³-hybridized carbons (Fsp3) is 0.250. The van der Waals surface area contributed by atoms with E-state index in [2.05, 4.69) is 15.3 Å². The van der Waals surface area contributed by atoms with Crippen molar-refractivity contribution in [1.82, 2.24) is 14.5 Å². The van der Waals surface area contributed by atoms with Crippen molar-refractivity contribution in [2.24, 2.45) is 0 Å². The first-order chi connectivity index (χ1) is 14.4. The zero-order valence-electron chi connectivity index (χ0n) is 16.7. The molecule has 156 valence electrons. The second kappa shape index (κ2) is 9.96. The molecule has 0 saturated heterocycles. The first kappa shape index (κ1) is 22.1. The number of aromatic nitrogens is 3. The first-order valence-corrected chi connectivity index (χ1v) is 11.3. The maximum absolute atomic E-state index is 12.7. The Morgan fingerprint density at radius 2 is 1.87 bits per heavy atom. The summed E-state index contributed by atoms with van der Waals surface area (Å²) in [5, 5.41) is 3.35. The van der Waals surface area contributed by atoms with Gasteiger partial charge in [0.05, 0.1) is 12.4 Å². The minimum atomic E-state index is -0.524. The van der Waals surface area contributed by atoms with Gasteiger partial charge < -0.3 is 10.1 Å². The highest BCUT2D eigenvalue weighted by atomic mass is 32.2. The van der Waals surface area contributed by atoms with E-state index in [0.717, 1.165) is 28.4 Å². The number of esters is 1. The summed E-state index contributed by atoms with van der Waals surface area (Å²) in [7, 11) is 0. The van der Waals surface area contributed by atoms with Gasteiger partial charge in [-0.05, 0) is 51.2 Å². The molecule has 0 aliphatic heterocycles. The maximum Gasteiger partial charge on any atom is 0.352 e. The maximum atomic E-state index is 12.7. The minimum absolute atomic E-state index is 0.0859. The number of thiazole rings is 1.